The summed E-state index contributed by atoms with van der Waals surface area (Å²) in [6.45, 7) is 5.62. The van der Waals surface area contributed by atoms with Crippen LogP contribution in [-0.4, -0.2) is 126 Å². The molecule has 60 heavy (non-hydrogen) atoms. The Morgan fingerprint density at radius 1 is 0.833 bits per heavy atom. The smallest absolute Gasteiger partial charge is 0.351 e. The maximum atomic E-state index is 13.2. The highest BCUT2D eigenvalue weighted by Crippen LogP contribution is 2.42. The molecule has 1 fully saturated rings. The van der Waals surface area contributed by atoms with Crippen LogP contribution in [0.2, 0.25) is 0 Å². The summed E-state index contributed by atoms with van der Waals surface area (Å²) in [4.78, 5) is 126. The number of ether oxygens (including phenoxy) is 8. The molecular weight excluding hydrogens is 831 g/mol. The molecular formula is C34H44N4O21P-. The van der Waals surface area contributed by atoms with Gasteiger partial charge >= 0.3 is 41.5 Å². The van der Waals surface area contributed by atoms with E-state index in [2.05, 4.69) is 15.6 Å². The molecule has 2 aliphatic heterocycles. The van der Waals surface area contributed by atoms with Crippen LogP contribution in [0.15, 0.2) is 28.9 Å². The van der Waals surface area contributed by atoms with Gasteiger partial charge < -0.3 is 62.5 Å². The Morgan fingerprint density at radius 2 is 1.45 bits per heavy atom. The molecule has 26 heteroatoms. The van der Waals surface area contributed by atoms with Crippen LogP contribution in [0.5, 0.6) is 0 Å². The van der Waals surface area contributed by atoms with Gasteiger partial charge in [0.1, 0.15) is 43.0 Å². The molecule has 0 spiro atoms. The van der Waals surface area contributed by atoms with Crippen LogP contribution in [-0.2, 0) is 89.9 Å². The van der Waals surface area contributed by atoms with E-state index in [1.807, 2.05) is 0 Å². The summed E-state index contributed by atoms with van der Waals surface area (Å²) in [5.41, 5.74) is -1.02. The maximum Gasteiger partial charge on any atom is 0.351 e. The molecule has 0 radical (unpaired) electrons. The fourth-order valence-corrected chi connectivity index (χ4v) is 6.58. The molecule has 0 aliphatic carbocycles. The minimum atomic E-state index is -5.46. The summed E-state index contributed by atoms with van der Waals surface area (Å²) in [6, 6.07) is -0.200. The number of anilines is 1. The first-order valence-corrected chi connectivity index (χ1v) is 19.2. The Morgan fingerprint density at radius 3 is 1.98 bits per heavy atom. The van der Waals surface area contributed by atoms with Crippen LogP contribution >= 0.6 is 7.82 Å². The lowest BCUT2D eigenvalue weighted by Gasteiger charge is -2.42. The summed E-state index contributed by atoms with van der Waals surface area (Å²) in [7, 11) is -5.46. The highest BCUT2D eigenvalue weighted by molar-refractivity contribution is 7.45. The van der Waals surface area contributed by atoms with Gasteiger partial charge in [-0.2, -0.15) is 4.98 Å². The quantitative estimate of drug-likeness (QED) is 0.0974. The van der Waals surface area contributed by atoms with Crippen LogP contribution in [0, 0.1) is 0 Å². The average molecular weight is 876 g/mol. The molecule has 1 aromatic rings. The minimum Gasteiger partial charge on any atom is -0.756 e. The number of esters is 6. The number of nitrogens with zero attached hydrogens (tertiary/aromatic N) is 2. The van der Waals surface area contributed by atoms with Crippen molar-refractivity contribution in [2.75, 3.05) is 25.1 Å². The largest absolute Gasteiger partial charge is 0.756 e. The Balaban J connectivity index is 1.94. The number of carbonyl (C=O) groups is 8. The fourth-order valence-electron chi connectivity index (χ4n) is 5.89. The van der Waals surface area contributed by atoms with E-state index in [-0.39, 0.29) is 5.82 Å². The van der Waals surface area contributed by atoms with Crippen LogP contribution in [0.1, 0.15) is 61.6 Å². The van der Waals surface area contributed by atoms with Gasteiger partial charge in [0.2, 0.25) is 11.8 Å². The predicted molar refractivity (Wildman–Crippen MR) is 191 cm³/mol. The molecule has 0 saturated carbocycles. The zero-order valence-electron chi connectivity index (χ0n) is 33.5. The number of carbonyl (C=O) groups excluding carboxylic acids is 8. The second-order valence-electron chi connectivity index (χ2n) is 13.0. The molecule has 2 amide bonds. The second kappa shape index (κ2) is 21.5. The van der Waals surface area contributed by atoms with Gasteiger partial charge in [-0.15, -0.1) is 0 Å². The van der Waals surface area contributed by atoms with Crippen molar-refractivity contribution in [1.82, 2.24) is 14.9 Å². The number of rotatable bonds is 18. The third kappa shape index (κ3) is 14.8. The van der Waals surface area contributed by atoms with Crippen molar-refractivity contribution in [1.29, 1.82) is 0 Å². The highest BCUT2D eigenvalue weighted by Gasteiger charge is 2.51. The van der Waals surface area contributed by atoms with Gasteiger partial charge in [-0.3, -0.25) is 47.5 Å². The molecule has 2 N–H and O–H groups in total. The normalized spacial score (nSPS) is 24.1. The van der Waals surface area contributed by atoms with E-state index in [1.54, 1.807) is 0 Å². The van der Waals surface area contributed by atoms with Crippen LogP contribution < -0.4 is 21.2 Å². The summed E-state index contributed by atoms with van der Waals surface area (Å²) in [6.07, 6.45) is -10.5. The summed E-state index contributed by atoms with van der Waals surface area (Å²) in [5.74, 6) is -7.23. The van der Waals surface area contributed by atoms with E-state index in [0.29, 0.717) is 0 Å². The summed E-state index contributed by atoms with van der Waals surface area (Å²) in [5, 5.41) is 4.80. The van der Waals surface area contributed by atoms with Gasteiger partial charge in [0, 0.05) is 61.6 Å². The van der Waals surface area contributed by atoms with Gasteiger partial charge in [-0.25, -0.2) is 4.79 Å². The maximum absolute atomic E-state index is 13.2. The molecule has 0 aromatic carbocycles. The van der Waals surface area contributed by atoms with Gasteiger partial charge in [0.15, 0.2) is 36.7 Å². The summed E-state index contributed by atoms with van der Waals surface area (Å²) >= 11 is 0. The predicted octanol–water partition coefficient (Wildman–Crippen LogP) is -1.39. The van der Waals surface area contributed by atoms with Gasteiger partial charge in [0.25, 0.3) is 7.82 Å². The minimum absolute atomic E-state index is 0.132. The lowest BCUT2D eigenvalue weighted by atomic mass is 9.93. The molecule has 25 nitrogen and oxygen atoms in total. The average Bonchev–Trinajstić information content (AvgIpc) is 3.42. The SMILES string of the molecule is CC(=O)Nc1ccn([C@@H]2O[C@H](COP(=O)([O-])OCC3=C[C@@H](OC(C)=O)[C@@H](NC(C)=O)C([C@H](OC(C)=O)[C@@H](COC(C)=O)OC(C)=O)O3)C(OC(C)=O)C2OC(C)=O)c(=O)n1. The molecule has 1 aromatic heterocycles. The monoisotopic (exact) mass is 875 g/mol. The summed E-state index contributed by atoms with van der Waals surface area (Å²) < 4.78 is 67.6. The number of hydrogen-bond acceptors (Lipinski definition) is 22. The Bertz CT molecular complexity index is 1950. The van der Waals surface area contributed by atoms with Crippen molar-refractivity contribution in [3.63, 3.8) is 0 Å². The van der Waals surface area contributed by atoms with Crippen molar-refractivity contribution in [2.45, 2.75) is 110 Å². The Hall–Kier alpha value is -5.75. The number of nitrogens with one attached hydrogen (secondary N) is 2. The molecule has 3 heterocycles. The lowest BCUT2D eigenvalue weighted by molar-refractivity contribution is -0.229. The number of phosphoric ester groups is 1. The van der Waals surface area contributed by atoms with Gasteiger partial charge in [-0.05, 0) is 12.1 Å². The van der Waals surface area contributed by atoms with E-state index < -0.39 is 142 Å². The Labute approximate surface area is 340 Å². The van der Waals surface area contributed by atoms with E-state index in [9.17, 15) is 52.6 Å². The first-order valence-electron chi connectivity index (χ1n) is 17.7. The van der Waals surface area contributed by atoms with Crippen LogP contribution in [0.4, 0.5) is 5.82 Å². The van der Waals surface area contributed by atoms with Crippen molar-refractivity contribution in [2.24, 2.45) is 0 Å². The van der Waals surface area contributed by atoms with Crippen molar-refractivity contribution in [3.8, 4) is 0 Å². The van der Waals surface area contributed by atoms with Crippen LogP contribution in [0.25, 0.3) is 0 Å². The number of amides is 2. The standard InChI is InChI=1S/C34H45N4O21P/c1-15(39)35-27-9-10-38(34(47)37-27)33-32(57-22(8)46)30(56-21(7)45)26(59-33)14-52-60(48,49)51-12-23-11-24(53-18(4)42)28(36-16(2)40)31(58-23)29(55-20(6)44)25(54-19(5)43)13-50-17(3)41/h9-11,24-26,28-33H,12-14H2,1-8H3,(H,36,40)(H,48,49)(H,35,37,39,47)/p-1/t24-,25-,26-,28-,29-,30?,31?,32?,33-/m1/s1. The zero-order chi connectivity index (χ0) is 45.1. The number of hydrogen-bond donors (Lipinski definition) is 2. The third-order valence-corrected chi connectivity index (χ3v) is 8.75. The highest BCUT2D eigenvalue weighted by atomic mass is 31.2. The molecule has 1 saturated heterocycles. The molecule has 2 aliphatic rings. The van der Waals surface area contributed by atoms with Crippen molar-refractivity contribution < 1.29 is 94.8 Å². The second-order valence-corrected chi connectivity index (χ2v) is 14.4. The van der Waals surface area contributed by atoms with Gasteiger partial charge in [0.05, 0.1) is 6.61 Å². The molecule has 0 bridgehead atoms. The molecule has 10 atom stereocenters. The first kappa shape index (κ1) is 48.6. The van der Waals surface area contributed by atoms with Crippen LogP contribution in [0.3, 0.4) is 0 Å². The van der Waals surface area contributed by atoms with E-state index in [4.69, 9.17) is 46.9 Å². The fraction of sp³-hybridized carbons (Fsp3) is 0.588. The van der Waals surface area contributed by atoms with Gasteiger partial charge in [-0.1, -0.05) is 0 Å². The number of aromatic nitrogens is 2. The Kier molecular flexibility index (Phi) is 17.4. The van der Waals surface area contributed by atoms with Crippen molar-refractivity contribution in [3.05, 3.63) is 34.6 Å². The van der Waals surface area contributed by atoms with E-state index in [1.165, 1.54) is 13.0 Å². The van der Waals surface area contributed by atoms with E-state index in [0.717, 1.165) is 65.3 Å². The van der Waals surface area contributed by atoms with E-state index >= 15 is 0 Å². The van der Waals surface area contributed by atoms with Crippen molar-refractivity contribution >= 4 is 61.3 Å². The molecule has 4 unspecified atom stereocenters. The number of phosphoric acid groups is 1. The molecule has 332 valence electrons. The third-order valence-electron chi connectivity index (χ3n) is 7.84. The lowest BCUT2D eigenvalue weighted by Crippen LogP contribution is -2.61. The first-order chi connectivity index (χ1) is 28.0. The molecule has 3 rings (SSSR count). The zero-order valence-corrected chi connectivity index (χ0v) is 34.4. The topological polar surface area (TPSA) is 328 Å².